The van der Waals surface area contributed by atoms with Crippen LogP contribution in [0, 0.1) is 6.92 Å². The van der Waals surface area contributed by atoms with Crippen molar-refractivity contribution in [2.45, 2.75) is 32.4 Å². The van der Waals surface area contributed by atoms with Crippen molar-refractivity contribution in [1.29, 1.82) is 0 Å². The molecular weight excluding hydrogens is 294 g/mol. The molecule has 0 N–H and O–H groups in total. The van der Waals surface area contributed by atoms with Gasteiger partial charge in [-0.05, 0) is 36.8 Å². The Balaban J connectivity index is 1.77. The average Bonchev–Trinajstić information content (AvgIpc) is 3.08. The fourth-order valence-electron chi connectivity index (χ4n) is 2.74. The number of thiophene rings is 1. The van der Waals surface area contributed by atoms with Crippen molar-refractivity contribution in [3.63, 3.8) is 0 Å². The van der Waals surface area contributed by atoms with E-state index in [1.54, 1.807) is 16.0 Å². The Kier molecular flexibility index (Phi) is 3.22. The van der Waals surface area contributed by atoms with Crippen molar-refractivity contribution < 1.29 is 0 Å². The van der Waals surface area contributed by atoms with Gasteiger partial charge in [-0.2, -0.15) is 0 Å². The molecule has 22 heavy (non-hydrogen) atoms. The van der Waals surface area contributed by atoms with E-state index in [9.17, 15) is 4.79 Å². The summed E-state index contributed by atoms with van der Waals surface area (Å²) in [5.41, 5.74) is 2.32. The fourth-order valence-corrected chi connectivity index (χ4v) is 3.45. The maximum Gasteiger partial charge on any atom is 0.346 e. The lowest BCUT2D eigenvalue weighted by Crippen LogP contribution is -2.25. The van der Waals surface area contributed by atoms with Crippen LogP contribution < -0.4 is 5.69 Å². The number of rotatable bonds is 4. The van der Waals surface area contributed by atoms with Crippen LogP contribution in [0.25, 0.3) is 10.7 Å². The van der Waals surface area contributed by atoms with Gasteiger partial charge in [0.2, 0.25) is 0 Å². The van der Waals surface area contributed by atoms with Crippen LogP contribution in [0.15, 0.2) is 46.6 Å². The molecule has 0 amide bonds. The second kappa shape index (κ2) is 5.25. The molecule has 1 aliphatic carbocycles. The van der Waals surface area contributed by atoms with Crippen LogP contribution in [-0.4, -0.2) is 14.3 Å². The number of hydrogen-bond donors (Lipinski definition) is 0. The summed E-state index contributed by atoms with van der Waals surface area (Å²) in [5, 5.41) is 6.64. The molecule has 0 radical (unpaired) electrons. The van der Waals surface area contributed by atoms with Gasteiger partial charge in [-0.15, -0.1) is 16.4 Å². The Labute approximate surface area is 132 Å². The Morgan fingerprint density at radius 2 is 2.14 bits per heavy atom. The van der Waals surface area contributed by atoms with Gasteiger partial charge in [0.1, 0.15) is 0 Å². The lowest BCUT2D eigenvalue weighted by Gasteiger charge is -2.01. The highest BCUT2D eigenvalue weighted by Gasteiger charge is 2.30. The minimum absolute atomic E-state index is 0.00686. The van der Waals surface area contributed by atoms with E-state index in [0.717, 1.165) is 29.1 Å². The first-order valence-corrected chi connectivity index (χ1v) is 8.39. The monoisotopic (exact) mass is 311 g/mol. The van der Waals surface area contributed by atoms with Crippen LogP contribution in [-0.2, 0) is 6.54 Å². The molecule has 2 aromatic heterocycles. The van der Waals surface area contributed by atoms with Crippen molar-refractivity contribution in [2.24, 2.45) is 0 Å². The SMILES string of the molecule is Cc1cccc(Cn2nc(-c3cccs3)n(C3CC3)c2=O)c1. The standard InChI is InChI=1S/C17H17N3OS/c1-12-4-2-5-13(10-12)11-19-17(21)20(14-7-8-14)16(18-19)15-6-3-9-22-15/h2-6,9-10,14H,7-8,11H2,1H3. The second-order valence-corrected chi connectivity index (χ2v) is 6.78. The van der Waals surface area contributed by atoms with Gasteiger partial charge in [0.15, 0.2) is 5.82 Å². The number of nitrogens with zero attached hydrogens (tertiary/aromatic N) is 3. The summed E-state index contributed by atoms with van der Waals surface area (Å²) in [6, 6.07) is 12.6. The van der Waals surface area contributed by atoms with Gasteiger partial charge >= 0.3 is 5.69 Å². The van der Waals surface area contributed by atoms with Crippen LogP contribution in [0.2, 0.25) is 0 Å². The highest BCUT2D eigenvalue weighted by Crippen LogP contribution is 2.37. The number of hydrogen-bond acceptors (Lipinski definition) is 3. The number of benzene rings is 1. The van der Waals surface area contributed by atoms with Gasteiger partial charge in [0, 0.05) is 6.04 Å². The van der Waals surface area contributed by atoms with Gasteiger partial charge in [-0.3, -0.25) is 4.57 Å². The van der Waals surface area contributed by atoms with E-state index in [1.165, 1.54) is 5.56 Å². The smallest absolute Gasteiger partial charge is 0.271 e. The van der Waals surface area contributed by atoms with Crippen LogP contribution in [0.5, 0.6) is 0 Å². The van der Waals surface area contributed by atoms with E-state index >= 15 is 0 Å². The van der Waals surface area contributed by atoms with E-state index < -0.39 is 0 Å². The highest BCUT2D eigenvalue weighted by atomic mass is 32.1. The van der Waals surface area contributed by atoms with E-state index in [-0.39, 0.29) is 5.69 Å². The molecule has 1 aromatic carbocycles. The number of aromatic nitrogens is 3. The first-order chi connectivity index (χ1) is 10.7. The summed E-state index contributed by atoms with van der Waals surface area (Å²) in [6.45, 7) is 2.59. The second-order valence-electron chi connectivity index (χ2n) is 5.83. The van der Waals surface area contributed by atoms with E-state index in [0.29, 0.717) is 12.6 Å². The van der Waals surface area contributed by atoms with Crippen molar-refractivity contribution in [3.8, 4) is 10.7 Å². The summed E-state index contributed by atoms with van der Waals surface area (Å²) in [7, 11) is 0. The molecule has 3 aromatic rings. The Bertz CT molecular complexity index is 856. The maximum atomic E-state index is 12.7. The summed E-state index contributed by atoms with van der Waals surface area (Å²) >= 11 is 1.63. The van der Waals surface area contributed by atoms with Crippen LogP contribution in [0.3, 0.4) is 0 Å². The molecule has 5 heteroatoms. The topological polar surface area (TPSA) is 39.8 Å². The molecule has 4 nitrogen and oxygen atoms in total. The summed E-state index contributed by atoms with van der Waals surface area (Å²) < 4.78 is 3.48. The van der Waals surface area contributed by atoms with Crippen LogP contribution in [0.1, 0.15) is 30.0 Å². The Morgan fingerprint density at radius 1 is 1.27 bits per heavy atom. The number of aryl methyl sites for hydroxylation is 1. The van der Waals surface area contributed by atoms with Gasteiger partial charge < -0.3 is 0 Å². The minimum atomic E-state index is 0.00686. The molecule has 1 saturated carbocycles. The van der Waals surface area contributed by atoms with Crippen LogP contribution >= 0.6 is 11.3 Å². The average molecular weight is 311 g/mol. The van der Waals surface area contributed by atoms with Crippen molar-refractivity contribution in [1.82, 2.24) is 14.3 Å². The lowest BCUT2D eigenvalue weighted by atomic mass is 10.1. The maximum absolute atomic E-state index is 12.7. The molecule has 4 rings (SSSR count). The Morgan fingerprint density at radius 3 is 2.82 bits per heavy atom. The molecule has 0 spiro atoms. The van der Waals surface area contributed by atoms with Crippen molar-refractivity contribution in [3.05, 3.63) is 63.4 Å². The predicted octanol–water partition coefficient (Wildman–Crippen LogP) is 3.46. The van der Waals surface area contributed by atoms with Crippen molar-refractivity contribution in [2.75, 3.05) is 0 Å². The van der Waals surface area contributed by atoms with Gasteiger partial charge in [-0.1, -0.05) is 35.9 Å². The summed E-state index contributed by atoms with van der Waals surface area (Å²) in [6.07, 6.45) is 2.16. The zero-order chi connectivity index (χ0) is 15.1. The molecule has 0 unspecified atom stereocenters. The van der Waals surface area contributed by atoms with E-state index in [1.807, 2.05) is 34.2 Å². The summed E-state index contributed by atoms with van der Waals surface area (Å²) in [4.78, 5) is 13.8. The molecule has 0 bridgehead atoms. The zero-order valence-electron chi connectivity index (χ0n) is 12.4. The molecule has 0 saturated heterocycles. The largest absolute Gasteiger partial charge is 0.346 e. The minimum Gasteiger partial charge on any atom is -0.271 e. The predicted molar refractivity (Wildman–Crippen MR) is 88.4 cm³/mol. The third-order valence-electron chi connectivity index (χ3n) is 3.94. The molecule has 2 heterocycles. The first kappa shape index (κ1) is 13.5. The Hall–Kier alpha value is -2.14. The first-order valence-electron chi connectivity index (χ1n) is 7.51. The van der Waals surface area contributed by atoms with Crippen molar-refractivity contribution >= 4 is 11.3 Å². The van der Waals surface area contributed by atoms with E-state index in [4.69, 9.17) is 0 Å². The molecule has 1 aliphatic rings. The molecule has 1 fully saturated rings. The van der Waals surface area contributed by atoms with Gasteiger partial charge in [0.25, 0.3) is 0 Å². The molecule has 0 aliphatic heterocycles. The van der Waals surface area contributed by atoms with Gasteiger partial charge in [-0.25, -0.2) is 9.48 Å². The van der Waals surface area contributed by atoms with Crippen LogP contribution in [0.4, 0.5) is 0 Å². The normalized spacial score (nSPS) is 14.4. The summed E-state index contributed by atoms with van der Waals surface area (Å²) in [5.74, 6) is 0.815. The third kappa shape index (κ3) is 2.41. The molecular formula is C17H17N3OS. The van der Waals surface area contributed by atoms with Gasteiger partial charge in [0.05, 0.1) is 11.4 Å². The van der Waals surface area contributed by atoms with E-state index in [2.05, 4.69) is 24.2 Å². The highest BCUT2D eigenvalue weighted by molar-refractivity contribution is 7.13. The fraction of sp³-hybridized carbons (Fsp3) is 0.294. The third-order valence-corrected chi connectivity index (χ3v) is 4.80. The lowest BCUT2D eigenvalue weighted by molar-refractivity contribution is 0.625. The molecule has 0 atom stereocenters. The quantitative estimate of drug-likeness (QED) is 0.740. The zero-order valence-corrected chi connectivity index (χ0v) is 13.2. The molecule has 112 valence electrons.